The fraction of sp³-hybridized carbons (Fsp3) is 0.235. The Morgan fingerprint density at radius 3 is 2.42 bits per heavy atom. The van der Waals surface area contributed by atoms with Gasteiger partial charge in [0.05, 0.1) is 23.4 Å². The molecule has 1 saturated heterocycles. The molecule has 1 aromatic heterocycles. The van der Waals surface area contributed by atoms with Crippen molar-refractivity contribution in [3.63, 3.8) is 0 Å². The number of carbonyl (C=O) groups excluding carboxylic acids is 2. The average Bonchev–Trinajstić information content (AvgIpc) is 2.94. The molecule has 26 heavy (non-hydrogen) atoms. The SMILES string of the molecule is O=C(Nc1ccc(C(=O)Nc2cccnc2)cc1)N[C@@H]1CCS(=O)(=O)C1. The van der Waals surface area contributed by atoms with Crippen molar-refractivity contribution in [2.24, 2.45) is 0 Å². The molecule has 1 fully saturated rings. The number of hydrogen-bond donors (Lipinski definition) is 3. The van der Waals surface area contributed by atoms with E-state index in [0.29, 0.717) is 23.4 Å². The highest BCUT2D eigenvalue weighted by molar-refractivity contribution is 7.91. The minimum absolute atomic E-state index is 0.0339. The lowest BCUT2D eigenvalue weighted by atomic mass is 10.2. The molecule has 1 atom stereocenters. The van der Waals surface area contributed by atoms with Crippen molar-refractivity contribution in [3.8, 4) is 0 Å². The molecule has 3 N–H and O–H groups in total. The fourth-order valence-electron chi connectivity index (χ4n) is 2.61. The van der Waals surface area contributed by atoms with Crippen molar-refractivity contribution in [2.45, 2.75) is 12.5 Å². The Hall–Kier alpha value is -2.94. The molecule has 8 nitrogen and oxygen atoms in total. The highest BCUT2D eigenvalue weighted by atomic mass is 32.2. The van der Waals surface area contributed by atoms with Crippen LogP contribution in [0.1, 0.15) is 16.8 Å². The van der Waals surface area contributed by atoms with E-state index in [1.807, 2.05) is 0 Å². The van der Waals surface area contributed by atoms with Crippen LogP contribution in [0.5, 0.6) is 0 Å². The van der Waals surface area contributed by atoms with Gasteiger partial charge in [0.1, 0.15) is 0 Å². The number of nitrogens with zero attached hydrogens (tertiary/aromatic N) is 1. The summed E-state index contributed by atoms with van der Waals surface area (Å²) in [6.45, 7) is 0. The number of rotatable bonds is 4. The Bertz CT molecular complexity index is 898. The topological polar surface area (TPSA) is 117 Å². The van der Waals surface area contributed by atoms with Crippen LogP contribution in [-0.4, -0.2) is 42.9 Å². The summed E-state index contributed by atoms with van der Waals surface area (Å²) < 4.78 is 22.8. The zero-order chi connectivity index (χ0) is 18.6. The third kappa shape index (κ3) is 4.79. The minimum atomic E-state index is -3.05. The van der Waals surface area contributed by atoms with Crippen LogP contribution in [-0.2, 0) is 9.84 Å². The van der Waals surface area contributed by atoms with Crippen molar-refractivity contribution in [3.05, 3.63) is 54.4 Å². The lowest BCUT2D eigenvalue weighted by molar-refractivity contribution is 0.102. The van der Waals surface area contributed by atoms with Crippen LogP contribution in [0.3, 0.4) is 0 Å². The van der Waals surface area contributed by atoms with E-state index in [2.05, 4.69) is 20.9 Å². The Morgan fingerprint density at radius 1 is 1.04 bits per heavy atom. The molecule has 3 amide bonds. The van der Waals surface area contributed by atoms with Crippen molar-refractivity contribution in [2.75, 3.05) is 22.1 Å². The van der Waals surface area contributed by atoms with Crippen LogP contribution in [0.2, 0.25) is 0 Å². The summed E-state index contributed by atoms with van der Waals surface area (Å²) in [5, 5.41) is 7.98. The Labute approximate surface area is 150 Å². The molecule has 1 aromatic carbocycles. The standard InChI is InChI=1S/C17H18N4O4S/c22-16(19-14-2-1-8-18-10-14)12-3-5-13(6-4-12)20-17(23)21-15-7-9-26(24,25)11-15/h1-6,8,10,15H,7,9,11H2,(H,19,22)(H2,20,21,23)/t15-/m1/s1. The largest absolute Gasteiger partial charge is 0.334 e. The highest BCUT2D eigenvalue weighted by Crippen LogP contribution is 2.14. The van der Waals surface area contributed by atoms with E-state index in [9.17, 15) is 18.0 Å². The fourth-order valence-corrected chi connectivity index (χ4v) is 4.28. The van der Waals surface area contributed by atoms with Crippen molar-refractivity contribution < 1.29 is 18.0 Å². The number of carbonyl (C=O) groups is 2. The predicted octanol–water partition coefficient (Wildman–Crippen LogP) is 1.64. The van der Waals surface area contributed by atoms with Gasteiger partial charge in [-0.05, 0) is 42.8 Å². The van der Waals surface area contributed by atoms with Gasteiger partial charge in [-0.25, -0.2) is 13.2 Å². The van der Waals surface area contributed by atoms with E-state index < -0.39 is 15.9 Å². The summed E-state index contributed by atoms with van der Waals surface area (Å²) >= 11 is 0. The van der Waals surface area contributed by atoms with Crippen LogP contribution in [0.15, 0.2) is 48.8 Å². The number of nitrogens with one attached hydrogen (secondary N) is 3. The minimum Gasteiger partial charge on any atom is -0.334 e. The lowest BCUT2D eigenvalue weighted by Crippen LogP contribution is -2.38. The van der Waals surface area contributed by atoms with E-state index in [0.717, 1.165) is 0 Å². The molecule has 0 spiro atoms. The van der Waals surface area contributed by atoms with Gasteiger partial charge in [-0.2, -0.15) is 0 Å². The van der Waals surface area contributed by atoms with Crippen molar-refractivity contribution in [1.29, 1.82) is 0 Å². The molecule has 0 aliphatic carbocycles. The number of benzene rings is 1. The summed E-state index contributed by atoms with van der Waals surface area (Å²) in [5.74, 6) is -0.225. The Balaban J connectivity index is 1.54. The van der Waals surface area contributed by atoms with Gasteiger partial charge >= 0.3 is 6.03 Å². The second-order valence-corrected chi connectivity index (χ2v) is 8.20. The summed E-state index contributed by atoms with van der Waals surface area (Å²) in [6, 6.07) is 8.98. The first kappa shape index (κ1) is 17.9. The maximum atomic E-state index is 12.1. The van der Waals surface area contributed by atoms with Crippen molar-refractivity contribution >= 4 is 33.2 Å². The number of anilines is 2. The molecule has 0 bridgehead atoms. The molecule has 9 heteroatoms. The second kappa shape index (κ2) is 7.52. The third-order valence-corrected chi connectivity index (χ3v) is 5.66. The van der Waals surface area contributed by atoms with Gasteiger partial charge in [-0.1, -0.05) is 0 Å². The number of hydrogen-bond acceptors (Lipinski definition) is 5. The molecule has 0 radical (unpaired) electrons. The molecule has 136 valence electrons. The number of urea groups is 1. The summed E-state index contributed by atoms with van der Waals surface area (Å²) in [5.41, 5.74) is 1.52. The number of sulfone groups is 1. The van der Waals surface area contributed by atoms with Gasteiger partial charge in [0.2, 0.25) is 0 Å². The summed E-state index contributed by atoms with van der Waals surface area (Å²) in [4.78, 5) is 28.0. The smallest absolute Gasteiger partial charge is 0.319 e. The van der Waals surface area contributed by atoms with Crippen LogP contribution in [0.4, 0.5) is 16.2 Å². The molecule has 1 aliphatic heterocycles. The van der Waals surface area contributed by atoms with Crippen molar-refractivity contribution in [1.82, 2.24) is 10.3 Å². The predicted molar refractivity (Wildman–Crippen MR) is 97.8 cm³/mol. The van der Waals surface area contributed by atoms with E-state index >= 15 is 0 Å². The molecule has 2 heterocycles. The zero-order valence-electron chi connectivity index (χ0n) is 13.8. The van der Waals surface area contributed by atoms with E-state index in [-0.39, 0.29) is 23.5 Å². The van der Waals surface area contributed by atoms with Gasteiger partial charge in [-0.3, -0.25) is 9.78 Å². The highest BCUT2D eigenvalue weighted by Gasteiger charge is 2.28. The molecule has 1 aliphatic rings. The van der Waals surface area contributed by atoms with Gasteiger partial charge in [0, 0.05) is 23.5 Å². The normalized spacial score (nSPS) is 18.1. The van der Waals surface area contributed by atoms with Crippen LogP contribution in [0.25, 0.3) is 0 Å². The molecule has 3 rings (SSSR count). The van der Waals surface area contributed by atoms with Gasteiger partial charge in [-0.15, -0.1) is 0 Å². The molecular weight excluding hydrogens is 356 g/mol. The average molecular weight is 374 g/mol. The molecule has 2 aromatic rings. The first-order chi connectivity index (χ1) is 12.4. The summed E-state index contributed by atoms with van der Waals surface area (Å²) in [7, 11) is -3.05. The Morgan fingerprint density at radius 2 is 1.81 bits per heavy atom. The molecule has 0 unspecified atom stereocenters. The monoisotopic (exact) mass is 374 g/mol. The van der Waals surface area contributed by atoms with Gasteiger partial charge < -0.3 is 16.0 Å². The van der Waals surface area contributed by atoms with Gasteiger partial charge in [0.25, 0.3) is 5.91 Å². The van der Waals surface area contributed by atoms with Crippen LogP contribution >= 0.6 is 0 Å². The Kier molecular flexibility index (Phi) is 5.17. The maximum absolute atomic E-state index is 12.1. The van der Waals surface area contributed by atoms with Crippen LogP contribution < -0.4 is 16.0 Å². The first-order valence-corrected chi connectivity index (χ1v) is 9.83. The summed E-state index contributed by atoms with van der Waals surface area (Å²) in [6.07, 6.45) is 3.58. The zero-order valence-corrected chi connectivity index (χ0v) is 14.6. The molecular formula is C17H18N4O4S. The quantitative estimate of drug-likeness (QED) is 0.752. The molecule has 0 saturated carbocycles. The lowest BCUT2D eigenvalue weighted by Gasteiger charge is -2.12. The van der Waals surface area contributed by atoms with Gasteiger partial charge in [0.15, 0.2) is 9.84 Å². The van der Waals surface area contributed by atoms with E-state index in [1.165, 1.54) is 0 Å². The number of pyridine rings is 1. The maximum Gasteiger partial charge on any atom is 0.319 e. The number of aromatic nitrogens is 1. The van der Waals surface area contributed by atoms with Crippen LogP contribution in [0, 0.1) is 0 Å². The second-order valence-electron chi connectivity index (χ2n) is 5.97. The van der Waals surface area contributed by atoms with E-state index in [1.54, 1.807) is 48.8 Å². The first-order valence-electron chi connectivity index (χ1n) is 8.01. The number of amides is 3. The third-order valence-electron chi connectivity index (χ3n) is 3.89. The van der Waals surface area contributed by atoms with E-state index in [4.69, 9.17) is 0 Å².